The first-order valence-electron chi connectivity index (χ1n) is 9.39. The summed E-state index contributed by atoms with van der Waals surface area (Å²) in [5.74, 6) is -0.676. The minimum absolute atomic E-state index is 0.110. The van der Waals surface area contributed by atoms with Crippen molar-refractivity contribution in [2.75, 3.05) is 32.3 Å². The summed E-state index contributed by atoms with van der Waals surface area (Å²) in [5.41, 5.74) is 0.985. The number of amides is 2. The Hall–Kier alpha value is -3.55. The van der Waals surface area contributed by atoms with E-state index in [-0.39, 0.29) is 24.1 Å². The third kappa shape index (κ3) is 6.23. The number of anilines is 1. The number of nitrogens with one attached hydrogen (secondary N) is 1. The molecule has 0 fully saturated rings. The second-order valence-electron chi connectivity index (χ2n) is 6.64. The molecule has 8 heteroatoms. The number of methoxy groups -OCH3 is 2. The molecule has 0 saturated heterocycles. The summed E-state index contributed by atoms with van der Waals surface area (Å²) in [6.45, 7) is 2.94. The standard InChI is InChI=1S/C22H26N2O6/c1-15(2)24(17-8-6-5-7-9-17)20(25)14-30-21(26)13-23-22(27)16-10-18(28-3)12-19(11-16)29-4/h5-12,15H,13-14H2,1-4H3,(H,23,27). The second-order valence-corrected chi connectivity index (χ2v) is 6.64. The Morgan fingerprint density at radius 2 is 1.57 bits per heavy atom. The van der Waals surface area contributed by atoms with Crippen LogP contribution in [0.1, 0.15) is 24.2 Å². The van der Waals surface area contributed by atoms with Crippen molar-refractivity contribution in [1.29, 1.82) is 0 Å². The number of para-hydroxylation sites is 1. The molecule has 1 N–H and O–H groups in total. The van der Waals surface area contributed by atoms with Gasteiger partial charge in [0.25, 0.3) is 11.8 Å². The Morgan fingerprint density at radius 3 is 2.10 bits per heavy atom. The van der Waals surface area contributed by atoms with Crippen LogP contribution < -0.4 is 19.7 Å². The zero-order valence-electron chi connectivity index (χ0n) is 17.5. The van der Waals surface area contributed by atoms with E-state index in [4.69, 9.17) is 14.2 Å². The average molecular weight is 414 g/mol. The molecule has 0 unspecified atom stereocenters. The van der Waals surface area contributed by atoms with E-state index >= 15 is 0 Å². The molecule has 160 valence electrons. The molecule has 8 nitrogen and oxygen atoms in total. The molecular formula is C22H26N2O6. The molecule has 2 rings (SSSR count). The maximum atomic E-state index is 12.5. The number of nitrogens with zero attached hydrogens (tertiary/aromatic N) is 1. The van der Waals surface area contributed by atoms with Crippen LogP contribution in [-0.4, -0.2) is 51.2 Å². The predicted octanol–water partition coefficient (Wildman–Crippen LogP) is 2.42. The third-order valence-electron chi connectivity index (χ3n) is 4.18. The first-order chi connectivity index (χ1) is 14.3. The largest absolute Gasteiger partial charge is 0.497 e. The summed E-state index contributed by atoms with van der Waals surface area (Å²) in [7, 11) is 2.95. The maximum Gasteiger partial charge on any atom is 0.325 e. The van der Waals surface area contributed by atoms with Crippen LogP contribution in [0, 0.1) is 0 Å². The van der Waals surface area contributed by atoms with Crippen molar-refractivity contribution in [2.24, 2.45) is 0 Å². The molecule has 2 amide bonds. The molecule has 0 spiro atoms. The molecule has 0 bridgehead atoms. The third-order valence-corrected chi connectivity index (χ3v) is 4.18. The molecule has 0 aliphatic carbocycles. The molecule has 0 heterocycles. The number of hydrogen-bond acceptors (Lipinski definition) is 6. The van der Waals surface area contributed by atoms with Crippen molar-refractivity contribution in [1.82, 2.24) is 5.32 Å². The van der Waals surface area contributed by atoms with Crippen LogP contribution in [0.25, 0.3) is 0 Å². The maximum absolute atomic E-state index is 12.5. The molecule has 0 aliphatic rings. The second kappa shape index (κ2) is 10.8. The molecule has 30 heavy (non-hydrogen) atoms. The number of rotatable bonds is 9. The monoisotopic (exact) mass is 414 g/mol. The molecule has 0 saturated carbocycles. The molecule has 0 aromatic heterocycles. The van der Waals surface area contributed by atoms with Gasteiger partial charge in [-0.2, -0.15) is 0 Å². The van der Waals surface area contributed by atoms with E-state index in [2.05, 4.69) is 5.32 Å². The van der Waals surface area contributed by atoms with Crippen LogP contribution in [0.15, 0.2) is 48.5 Å². The number of carbonyl (C=O) groups excluding carboxylic acids is 3. The van der Waals surface area contributed by atoms with Gasteiger partial charge in [-0.05, 0) is 38.1 Å². The van der Waals surface area contributed by atoms with Gasteiger partial charge in [-0.1, -0.05) is 18.2 Å². The fourth-order valence-corrected chi connectivity index (χ4v) is 2.77. The highest BCUT2D eigenvalue weighted by Gasteiger charge is 2.20. The van der Waals surface area contributed by atoms with E-state index in [9.17, 15) is 14.4 Å². The van der Waals surface area contributed by atoms with Gasteiger partial charge in [0.2, 0.25) is 0 Å². The number of ether oxygens (including phenoxy) is 3. The van der Waals surface area contributed by atoms with Crippen molar-refractivity contribution in [3.8, 4) is 11.5 Å². The number of carbonyl (C=O) groups is 3. The van der Waals surface area contributed by atoms with E-state index in [1.165, 1.54) is 26.4 Å². The topological polar surface area (TPSA) is 94.2 Å². The van der Waals surface area contributed by atoms with Crippen LogP contribution in [0.3, 0.4) is 0 Å². The van der Waals surface area contributed by atoms with Crippen molar-refractivity contribution in [3.63, 3.8) is 0 Å². The summed E-state index contributed by atoms with van der Waals surface area (Å²) in [6, 6.07) is 13.7. The van der Waals surface area contributed by atoms with Crippen LogP contribution in [0.5, 0.6) is 11.5 Å². The summed E-state index contributed by atoms with van der Waals surface area (Å²) in [6.07, 6.45) is 0. The number of esters is 1. The molecule has 0 radical (unpaired) electrons. The zero-order chi connectivity index (χ0) is 22.1. The number of hydrogen-bond donors (Lipinski definition) is 1. The van der Waals surface area contributed by atoms with Gasteiger partial charge in [0.05, 0.1) is 14.2 Å². The first kappa shape index (κ1) is 22.7. The summed E-state index contributed by atoms with van der Waals surface area (Å²) in [4.78, 5) is 38.4. The van der Waals surface area contributed by atoms with E-state index in [0.717, 1.165) is 0 Å². The minimum atomic E-state index is -0.719. The normalized spacial score (nSPS) is 10.3. The summed E-state index contributed by atoms with van der Waals surface area (Å²) >= 11 is 0. The van der Waals surface area contributed by atoms with Gasteiger partial charge in [-0.25, -0.2) is 0 Å². The Labute approximate surface area is 175 Å². The van der Waals surface area contributed by atoms with Gasteiger partial charge in [0.15, 0.2) is 6.61 Å². The highest BCUT2D eigenvalue weighted by Crippen LogP contribution is 2.22. The van der Waals surface area contributed by atoms with Gasteiger partial charge >= 0.3 is 5.97 Å². The Kier molecular flexibility index (Phi) is 8.22. The van der Waals surface area contributed by atoms with Crippen molar-refractivity contribution < 1.29 is 28.6 Å². The van der Waals surface area contributed by atoms with Crippen molar-refractivity contribution in [3.05, 3.63) is 54.1 Å². The van der Waals surface area contributed by atoms with E-state index in [0.29, 0.717) is 17.2 Å². The SMILES string of the molecule is COc1cc(OC)cc(C(=O)NCC(=O)OCC(=O)N(c2ccccc2)C(C)C)c1. The van der Waals surface area contributed by atoms with Crippen LogP contribution in [0.2, 0.25) is 0 Å². The van der Waals surface area contributed by atoms with Crippen LogP contribution >= 0.6 is 0 Å². The lowest BCUT2D eigenvalue weighted by atomic mass is 10.2. The van der Waals surface area contributed by atoms with Crippen molar-refractivity contribution in [2.45, 2.75) is 19.9 Å². The van der Waals surface area contributed by atoms with Crippen molar-refractivity contribution >= 4 is 23.5 Å². The molecule has 0 atom stereocenters. The lowest BCUT2D eigenvalue weighted by molar-refractivity contribution is -0.146. The van der Waals surface area contributed by atoms with Crippen LogP contribution in [0.4, 0.5) is 5.69 Å². The Morgan fingerprint density at radius 1 is 0.967 bits per heavy atom. The minimum Gasteiger partial charge on any atom is -0.497 e. The van der Waals surface area contributed by atoms with E-state index in [1.54, 1.807) is 11.0 Å². The smallest absolute Gasteiger partial charge is 0.325 e. The molecule has 2 aromatic rings. The molecule has 0 aliphatic heterocycles. The van der Waals surface area contributed by atoms with Crippen LogP contribution in [-0.2, 0) is 14.3 Å². The highest BCUT2D eigenvalue weighted by molar-refractivity contribution is 5.98. The van der Waals surface area contributed by atoms with E-state index < -0.39 is 18.5 Å². The zero-order valence-corrected chi connectivity index (χ0v) is 17.5. The Balaban J connectivity index is 1.90. The highest BCUT2D eigenvalue weighted by atomic mass is 16.5. The first-order valence-corrected chi connectivity index (χ1v) is 9.39. The van der Waals surface area contributed by atoms with Gasteiger partial charge in [0, 0.05) is 23.4 Å². The number of benzene rings is 2. The quantitative estimate of drug-likeness (QED) is 0.634. The molecular weight excluding hydrogens is 388 g/mol. The lowest BCUT2D eigenvalue weighted by Gasteiger charge is -2.26. The average Bonchev–Trinajstić information content (AvgIpc) is 2.76. The van der Waals surface area contributed by atoms with Gasteiger partial charge < -0.3 is 24.4 Å². The van der Waals surface area contributed by atoms with Gasteiger partial charge in [-0.15, -0.1) is 0 Å². The summed E-state index contributed by atoms with van der Waals surface area (Å²) < 4.78 is 15.3. The Bertz CT molecular complexity index is 860. The lowest BCUT2D eigenvalue weighted by Crippen LogP contribution is -2.40. The van der Waals surface area contributed by atoms with Gasteiger partial charge in [0.1, 0.15) is 18.0 Å². The fourth-order valence-electron chi connectivity index (χ4n) is 2.77. The fraction of sp³-hybridized carbons (Fsp3) is 0.318. The van der Waals surface area contributed by atoms with E-state index in [1.807, 2.05) is 44.2 Å². The molecule has 2 aromatic carbocycles. The van der Waals surface area contributed by atoms with Gasteiger partial charge in [-0.3, -0.25) is 14.4 Å². The summed E-state index contributed by atoms with van der Waals surface area (Å²) in [5, 5.41) is 2.46. The predicted molar refractivity (Wildman–Crippen MR) is 112 cm³/mol.